The Kier molecular flexibility index (Phi) is 3.14. The highest BCUT2D eigenvalue weighted by Gasteiger charge is 2.20. The molecule has 1 saturated carbocycles. The summed E-state index contributed by atoms with van der Waals surface area (Å²) in [5, 5.41) is 4.85. The number of hydrogen-bond acceptors (Lipinski definition) is 2. The molecule has 1 aliphatic carbocycles. The fourth-order valence-electron chi connectivity index (χ4n) is 2.44. The van der Waals surface area contributed by atoms with Gasteiger partial charge in [-0.2, -0.15) is 0 Å². The maximum atomic E-state index is 5.66. The second-order valence-electron chi connectivity index (χ2n) is 6.70. The van der Waals surface area contributed by atoms with Gasteiger partial charge in [-0.1, -0.05) is 26.8 Å². The zero-order valence-corrected chi connectivity index (χ0v) is 12.1. The molecule has 0 saturated heterocycles. The highest BCUT2D eigenvalue weighted by atomic mass is 16.3. The van der Waals surface area contributed by atoms with E-state index in [1.165, 1.54) is 29.4 Å². The monoisotopic (exact) mass is 257 g/mol. The van der Waals surface area contributed by atoms with Gasteiger partial charge in [0, 0.05) is 11.4 Å². The zero-order valence-electron chi connectivity index (χ0n) is 12.1. The number of fused-ring (bicyclic) bond motifs is 1. The van der Waals surface area contributed by atoms with Crippen LogP contribution in [0, 0.1) is 0 Å². The molecule has 1 heterocycles. The number of benzene rings is 1. The number of hydrogen-bond donors (Lipinski definition) is 1. The third-order valence-corrected chi connectivity index (χ3v) is 3.92. The fourth-order valence-corrected chi connectivity index (χ4v) is 2.44. The summed E-state index contributed by atoms with van der Waals surface area (Å²) < 4.78 is 5.66. The number of rotatable bonds is 4. The Morgan fingerprint density at radius 3 is 2.74 bits per heavy atom. The average molecular weight is 257 g/mol. The minimum Gasteiger partial charge on any atom is -0.464 e. The van der Waals surface area contributed by atoms with Crippen LogP contribution in [0.5, 0.6) is 0 Å². The van der Waals surface area contributed by atoms with E-state index in [0.29, 0.717) is 0 Å². The highest BCUT2D eigenvalue weighted by molar-refractivity contribution is 5.82. The predicted molar refractivity (Wildman–Crippen MR) is 79.6 cm³/mol. The summed E-state index contributed by atoms with van der Waals surface area (Å²) in [4.78, 5) is 0. The van der Waals surface area contributed by atoms with Crippen molar-refractivity contribution >= 4 is 11.0 Å². The predicted octanol–water partition coefficient (Wildman–Crippen LogP) is 4.02. The molecule has 1 aromatic heterocycles. The van der Waals surface area contributed by atoms with E-state index in [2.05, 4.69) is 44.3 Å². The molecule has 0 amide bonds. The standard InChI is InChI=1S/C17H23NO/c1-17(2,3)13-4-7-16-15(10-13)12(11-19-16)8-9-18-14-5-6-14/h4,7,10-11,14,18H,5-6,8-9H2,1-3H3. The Hall–Kier alpha value is -1.28. The van der Waals surface area contributed by atoms with Crippen molar-refractivity contribution in [1.29, 1.82) is 0 Å². The molecule has 102 valence electrons. The Bertz CT molecular complexity index is 572. The molecule has 1 N–H and O–H groups in total. The highest BCUT2D eigenvalue weighted by Crippen LogP contribution is 2.29. The third-order valence-electron chi connectivity index (χ3n) is 3.92. The van der Waals surface area contributed by atoms with Crippen LogP contribution in [0.3, 0.4) is 0 Å². The largest absolute Gasteiger partial charge is 0.464 e. The van der Waals surface area contributed by atoms with Crippen LogP contribution in [0.25, 0.3) is 11.0 Å². The molecule has 0 aliphatic heterocycles. The van der Waals surface area contributed by atoms with Gasteiger partial charge >= 0.3 is 0 Å². The zero-order chi connectivity index (χ0) is 13.5. The van der Waals surface area contributed by atoms with E-state index in [1.807, 2.05) is 6.26 Å². The van der Waals surface area contributed by atoms with Gasteiger partial charge < -0.3 is 9.73 Å². The van der Waals surface area contributed by atoms with Gasteiger partial charge in [-0.25, -0.2) is 0 Å². The number of nitrogens with one attached hydrogen (secondary N) is 1. The van der Waals surface area contributed by atoms with E-state index in [0.717, 1.165) is 24.6 Å². The van der Waals surface area contributed by atoms with Crippen molar-refractivity contribution in [2.24, 2.45) is 0 Å². The lowest BCUT2D eigenvalue weighted by atomic mass is 9.86. The normalized spacial score (nSPS) is 16.2. The molecule has 0 spiro atoms. The van der Waals surface area contributed by atoms with Gasteiger partial charge in [0.1, 0.15) is 5.58 Å². The van der Waals surface area contributed by atoms with E-state index < -0.39 is 0 Å². The van der Waals surface area contributed by atoms with Crippen LogP contribution in [0.2, 0.25) is 0 Å². The van der Waals surface area contributed by atoms with E-state index in [1.54, 1.807) is 0 Å². The number of furan rings is 1. The van der Waals surface area contributed by atoms with Crippen LogP contribution in [0.15, 0.2) is 28.9 Å². The Morgan fingerprint density at radius 2 is 2.05 bits per heavy atom. The minimum atomic E-state index is 0.189. The van der Waals surface area contributed by atoms with Gasteiger partial charge in [0.15, 0.2) is 0 Å². The molecule has 3 rings (SSSR count). The van der Waals surface area contributed by atoms with E-state index in [9.17, 15) is 0 Å². The van der Waals surface area contributed by atoms with Crippen molar-refractivity contribution in [3.05, 3.63) is 35.6 Å². The molecule has 1 aromatic carbocycles. The summed E-state index contributed by atoms with van der Waals surface area (Å²) in [6.07, 6.45) is 5.67. The Morgan fingerprint density at radius 1 is 1.26 bits per heavy atom. The first-order chi connectivity index (χ1) is 9.04. The molecule has 0 bridgehead atoms. The first-order valence-electron chi connectivity index (χ1n) is 7.28. The molecule has 1 fully saturated rings. The van der Waals surface area contributed by atoms with Gasteiger partial charge in [-0.05, 0) is 54.5 Å². The smallest absolute Gasteiger partial charge is 0.134 e. The van der Waals surface area contributed by atoms with Crippen LogP contribution in [0.1, 0.15) is 44.7 Å². The van der Waals surface area contributed by atoms with Crippen molar-refractivity contribution in [1.82, 2.24) is 5.32 Å². The van der Waals surface area contributed by atoms with E-state index in [-0.39, 0.29) is 5.41 Å². The van der Waals surface area contributed by atoms with Crippen molar-refractivity contribution in [3.8, 4) is 0 Å². The molecule has 0 atom stereocenters. The van der Waals surface area contributed by atoms with Crippen LogP contribution < -0.4 is 5.32 Å². The van der Waals surface area contributed by atoms with Gasteiger partial charge in [0.25, 0.3) is 0 Å². The summed E-state index contributed by atoms with van der Waals surface area (Å²) in [7, 11) is 0. The van der Waals surface area contributed by atoms with Gasteiger partial charge in [-0.15, -0.1) is 0 Å². The minimum absolute atomic E-state index is 0.189. The first kappa shape index (κ1) is 12.7. The van der Waals surface area contributed by atoms with E-state index >= 15 is 0 Å². The van der Waals surface area contributed by atoms with Gasteiger partial charge in [-0.3, -0.25) is 0 Å². The first-order valence-corrected chi connectivity index (χ1v) is 7.28. The summed E-state index contributed by atoms with van der Waals surface area (Å²) in [5.74, 6) is 0. The van der Waals surface area contributed by atoms with Gasteiger partial charge in [0.05, 0.1) is 6.26 Å². The quantitative estimate of drug-likeness (QED) is 0.894. The molecule has 19 heavy (non-hydrogen) atoms. The summed E-state index contributed by atoms with van der Waals surface area (Å²) in [6, 6.07) is 7.36. The summed E-state index contributed by atoms with van der Waals surface area (Å²) >= 11 is 0. The van der Waals surface area contributed by atoms with Gasteiger partial charge in [0.2, 0.25) is 0 Å². The molecule has 2 heteroatoms. The second kappa shape index (κ2) is 4.68. The maximum absolute atomic E-state index is 5.66. The van der Waals surface area contributed by atoms with Crippen molar-refractivity contribution in [3.63, 3.8) is 0 Å². The SMILES string of the molecule is CC(C)(C)c1ccc2occ(CCNC3CC3)c2c1. The van der Waals surface area contributed by atoms with Crippen LogP contribution in [-0.2, 0) is 11.8 Å². The maximum Gasteiger partial charge on any atom is 0.134 e. The Labute approximate surface area is 115 Å². The lowest BCUT2D eigenvalue weighted by molar-refractivity contribution is 0.589. The van der Waals surface area contributed by atoms with Crippen LogP contribution >= 0.6 is 0 Å². The van der Waals surface area contributed by atoms with Crippen molar-refractivity contribution in [2.45, 2.75) is 51.5 Å². The molecule has 0 radical (unpaired) electrons. The lowest BCUT2D eigenvalue weighted by Gasteiger charge is -2.18. The third kappa shape index (κ3) is 2.84. The topological polar surface area (TPSA) is 25.2 Å². The van der Waals surface area contributed by atoms with E-state index in [4.69, 9.17) is 4.42 Å². The molecule has 2 aromatic rings. The molecule has 0 unspecified atom stereocenters. The molecule has 1 aliphatic rings. The molecular weight excluding hydrogens is 234 g/mol. The molecule has 2 nitrogen and oxygen atoms in total. The Balaban J connectivity index is 1.82. The lowest BCUT2D eigenvalue weighted by Crippen LogP contribution is -2.19. The fraction of sp³-hybridized carbons (Fsp3) is 0.529. The van der Waals surface area contributed by atoms with Crippen LogP contribution in [-0.4, -0.2) is 12.6 Å². The summed E-state index contributed by atoms with van der Waals surface area (Å²) in [6.45, 7) is 7.81. The van der Waals surface area contributed by atoms with Crippen molar-refractivity contribution in [2.75, 3.05) is 6.54 Å². The average Bonchev–Trinajstić information content (AvgIpc) is 3.08. The second-order valence-corrected chi connectivity index (χ2v) is 6.70. The van der Waals surface area contributed by atoms with Crippen LogP contribution in [0.4, 0.5) is 0 Å². The summed E-state index contributed by atoms with van der Waals surface area (Å²) in [5.41, 5.74) is 3.90. The molecular formula is C17H23NO. The van der Waals surface area contributed by atoms with Crippen molar-refractivity contribution < 1.29 is 4.42 Å².